The molecule has 4 rings (SSSR count). The van der Waals surface area contributed by atoms with Gasteiger partial charge < -0.3 is 20.5 Å². The number of carbonyl (C=O) groups excluding carboxylic acids is 3. The maximum absolute atomic E-state index is 15.1. The van der Waals surface area contributed by atoms with Crippen molar-refractivity contribution in [1.29, 1.82) is 0 Å². The summed E-state index contributed by atoms with van der Waals surface area (Å²) in [4.78, 5) is 52.8. The van der Waals surface area contributed by atoms with Gasteiger partial charge >= 0.3 is 11.9 Å². The van der Waals surface area contributed by atoms with Crippen LogP contribution in [0.3, 0.4) is 0 Å². The first-order chi connectivity index (χ1) is 19.5. The number of oxime groups is 1. The van der Waals surface area contributed by atoms with E-state index in [1.165, 1.54) is 18.2 Å². The summed E-state index contributed by atoms with van der Waals surface area (Å²) in [6, 6.07) is 13.4. The number of benzene rings is 2. The summed E-state index contributed by atoms with van der Waals surface area (Å²) in [6.45, 7) is 10.6. The van der Waals surface area contributed by atoms with Gasteiger partial charge in [-0.2, -0.15) is 0 Å². The topological polar surface area (TPSA) is 138 Å². The van der Waals surface area contributed by atoms with E-state index >= 15 is 4.39 Å². The molecule has 0 aliphatic carbocycles. The Bertz CT molecular complexity index is 1690. The number of amides is 2. The molecule has 4 aromatic rings. The number of fused-ring (bicyclic) bond motifs is 1. The Balaban J connectivity index is 1.53. The molecule has 0 aliphatic heterocycles. The highest BCUT2D eigenvalue weighted by atomic mass is 19.1. The van der Waals surface area contributed by atoms with Gasteiger partial charge in [0.15, 0.2) is 5.65 Å². The number of anilines is 1. The fraction of sp³-hybridized carbons (Fsp3) is 0.200. The van der Waals surface area contributed by atoms with Crippen LogP contribution >= 0.6 is 0 Å². The number of rotatable bonds is 7. The van der Waals surface area contributed by atoms with Gasteiger partial charge in [-0.15, -0.1) is 0 Å². The Labute approximate surface area is 235 Å². The van der Waals surface area contributed by atoms with E-state index in [0.717, 1.165) is 0 Å². The van der Waals surface area contributed by atoms with Gasteiger partial charge in [-0.3, -0.25) is 9.59 Å². The third-order valence-corrected chi connectivity index (χ3v) is 6.36. The van der Waals surface area contributed by atoms with Crippen LogP contribution in [0.15, 0.2) is 72.5 Å². The molecule has 210 valence electrons. The number of carbonyl (C=O) groups is 3. The Morgan fingerprint density at radius 3 is 2.59 bits per heavy atom. The molecule has 2 aromatic carbocycles. The van der Waals surface area contributed by atoms with Gasteiger partial charge in [-0.1, -0.05) is 56.8 Å². The summed E-state index contributed by atoms with van der Waals surface area (Å²) in [5, 5.41) is 8.80. The number of pyridine rings is 1. The minimum Gasteiger partial charge on any atom is -0.342 e. The van der Waals surface area contributed by atoms with Gasteiger partial charge in [0.05, 0.1) is 16.9 Å². The molecule has 2 aromatic heterocycles. The molecule has 2 amide bonds. The smallest absolute Gasteiger partial charge is 0.342 e. The molecule has 0 unspecified atom stereocenters. The van der Waals surface area contributed by atoms with Gasteiger partial charge in [0.25, 0.3) is 0 Å². The van der Waals surface area contributed by atoms with E-state index in [1.807, 2.05) is 26.8 Å². The zero-order valence-electron chi connectivity index (χ0n) is 23.0. The zero-order valence-corrected chi connectivity index (χ0v) is 23.0. The average Bonchev–Trinajstić information content (AvgIpc) is 3.39. The van der Waals surface area contributed by atoms with Crippen molar-refractivity contribution in [1.82, 2.24) is 20.3 Å². The van der Waals surface area contributed by atoms with Crippen molar-refractivity contribution in [3.05, 3.63) is 78.8 Å². The fourth-order valence-corrected chi connectivity index (χ4v) is 3.66. The molecule has 0 atom stereocenters. The molecule has 3 N–H and O–H groups in total. The van der Waals surface area contributed by atoms with Crippen molar-refractivity contribution in [2.45, 2.75) is 34.2 Å². The number of aromatic nitrogens is 3. The van der Waals surface area contributed by atoms with Crippen LogP contribution in [0.25, 0.3) is 33.7 Å². The predicted octanol–water partition coefficient (Wildman–Crippen LogP) is 5.14. The molecule has 0 radical (unpaired) electrons. The number of hydrogen-bond donors (Lipinski definition) is 3. The van der Waals surface area contributed by atoms with Crippen LogP contribution in [0.1, 0.15) is 33.3 Å². The summed E-state index contributed by atoms with van der Waals surface area (Å²) in [5.74, 6) is -2.71. The molecular weight excluding hydrogens is 527 g/mol. The summed E-state index contributed by atoms with van der Waals surface area (Å²) < 4.78 is 15.1. The summed E-state index contributed by atoms with van der Waals surface area (Å²) in [7, 11) is 0. The second-order valence-electron chi connectivity index (χ2n) is 10.2. The first-order valence-corrected chi connectivity index (χ1v) is 12.7. The Kier molecular flexibility index (Phi) is 8.37. The van der Waals surface area contributed by atoms with E-state index in [4.69, 9.17) is 4.84 Å². The van der Waals surface area contributed by atoms with E-state index in [0.29, 0.717) is 45.1 Å². The highest BCUT2D eigenvalue weighted by molar-refractivity contribution is 6.32. The lowest BCUT2D eigenvalue weighted by Gasteiger charge is -2.16. The monoisotopic (exact) mass is 556 g/mol. The number of halogens is 1. The van der Waals surface area contributed by atoms with Crippen molar-refractivity contribution < 1.29 is 23.6 Å². The summed E-state index contributed by atoms with van der Waals surface area (Å²) in [6.07, 6.45) is 2.74. The van der Waals surface area contributed by atoms with Gasteiger partial charge in [-0.25, -0.2) is 19.2 Å². The molecule has 41 heavy (non-hydrogen) atoms. The molecule has 10 nitrogen and oxygen atoms in total. The largest absolute Gasteiger partial charge is 0.422 e. The number of nitrogens with zero attached hydrogens (tertiary/aromatic N) is 3. The molecule has 0 spiro atoms. The highest BCUT2D eigenvalue weighted by Gasteiger charge is 2.20. The maximum Gasteiger partial charge on any atom is 0.422 e. The zero-order chi connectivity index (χ0) is 29.7. The minimum absolute atomic E-state index is 0.173. The molecule has 11 heteroatoms. The number of imidazole rings is 1. The van der Waals surface area contributed by atoms with Crippen LogP contribution in [-0.4, -0.2) is 38.4 Å². The lowest BCUT2D eigenvalue weighted by Crippen LogP contribution is -2.32. The second kappa shape index (κ2) is 11.9. The van der Waals surface area contributed by atoms with E-state index in [-0.39, 0.29) is 23.4 Å². The van der Waals surface area contributed by atoms with E-state index in [9.17, 15) is 14.4 Å². The Hall–Kier alpha value is -5.19. The highest BCUT2D eigenvalue weighted by Crippen LogP contribution is 2.32. The number of nitrogens with one attached hydrogen (secondary N) is 3. The van der Waals surface area contributed by atoms with Crippen molar-refractivity contribution >= 4 is 40.3 Å². The molecule has 0 bridgehead atoms. The van der Waals surface area contributed by atoms with Crippen LogP contribution in [0.4, 0.5) is 10.1 Å². The second-order valence-corrected chi connectivity index (χ2v) is 10.2. The molecule has 2 heterocycles. The van der Waals surface area contributed by atoms with Gasteiger partial charge in [0, 0.05) is 34.8 Å². The summed E-state index contributed by atoms with van der Waals surface area (Å²) >= 11 is 0. The quantitative estimate of drug-likeness (QED) is 0.0948. The van der Waals surface area contributed by atoms with Crippen molar-refractivity contribution in [2.24, 2.45) is 10.6 Å². The first kappa shape index (κ1) is 28.8. The van der Waals surface area contributed by atoms with Crippen LogP contribution in [-0.2, 0) is 25.8 Å². The van der Waals surface area contributed by atoms with E-state index in [2.05, 4.69) is 37.3 Å². The van der Waals surface area contributed by atoms with Crippen molar-refractivity contribution in [3.63, 3.8) is 0 Å². The lowest BCUT2D eigenvalue weighted by molar-refractivity contribution is -0.155. The first-order valence-electron chi connectivity index (χ1n) is 12.7. The minimum atomic E-state index is -1.19. The molecule has 0 saturated carbocycles. The Morgan fingerprint density at radius 2 is 1.88 bits per heavy atom. The van der Waals surface area contributed by atoms with Crippen LogP contribution in [0.5, 0.6) is 0 Å². The number of aromatic amines is 1. The molecule has 0 fully saturated rings. The van der Waals surface area contributed by atoms with Crippen LogP contribution < -0.4 is 10.6 Å². The molecule has 0 saturated heterocycles. The summed E-state index contributed by atoms with van der Waals surface area (Å²) in [5.41, 5.74) is 3.73. The van der Waals surface area contributed by atoms with E-state index < -0.39 is 17.7 Å². The SMILES string of the molecule is C=CC(=O)Nc1ccccc1-c1nc2nccc(-c3ccc(CNC(=O)C(=O)O/N=C(\C)C(C)(C)C)c(F)c3)c2[nH]1. The van der Waals surface area contributed by atoms with Gasteiger partial charge in [0.2, 0.25) is 5.91 Å². The van der Waals surface area contributed by atoms with Crippen molar-refractivity contribution in [3.8, 4) is 22.5 Å². The average molecular weight is 557 g/mol. The lowest BCUT2D eigenvalue weighted by atomic mass is 9.91. The normalized spacial score (nSPS) is 11.7. The molecular formula is C30H29FN6O4. The number of H-pyrrole nitrogens is 1. The third-order valence-electron chi connectivity index (χ3n) is 6.36. The standard InChI is InChI=1S/C30H29FN6O4/c1-6-24(38)34-23-10-8-7-9-21(23)26-35-25-20(13-14-32-27(25)36-26)18-11-12-19(22(31)15-18)16-33-28(39)29(40)41-37-17(2)30(3,4)5/h6-15H,1,16H2,2-5H3,(H,33,39)(H,34,38)(H,32,35,36)/b37-17+. The Morgan fingerprint density at radius 1 is 1.12 bits per heavy atom. The third kappa shape index (κ3) is 6.70. The fourth-order valence-electron chi connectivity index (χ4n) is 3.66. The van der Waals surface area contributed by atoms with Crippen LogP contribution in [0.2, 0.25) is 0 Å². The number of hydrogen-bond acceptors (Lipinski definition) is 7. The van der Waals surface area contributed by atoms with E-state index in [1.54, 1.807) is 43.5 Å². The van der Waals surface area contributed by atoms with Crippen LogP contribution in [0, 0.1) is 11.2 Å². The van der Waals surface area contributed by atoms with Gasteiger partial charge in [0.1, 0.15) is 11.6 Å². The van der Waals surface area contributed by atoms with Crippen molar-refractivity contribution in [2.75, 3.05) is 5.32 Å². The molecule has 0 aliphatic rings. The van der Waals surface area contributed by atoms with Gasteiger partial charge in [-0.05, 0) is 42.8 Å². The number of para-hydroxylation sites is 1. The predicted molar refractivity (Wildman–Crippen MR) is 154 cm³/mol. The maximum atomic E-state index is 15.1.